The molecule has 4 heteroatoms. The zero-order valence-electron chi connectivity index (χ0n) is 4.57. The first kappa shape index (κ1) is 15.7. The van der Waals surface area contributed by atoms with Crippen LogP contribution in [0.2, 0.25) is 0 Å². The van der Waals surface area contributed by atoms with Crippen molar-refractivity contribution in [2.45, 2.75) is 19.8 Å². The monoisotopic (exact) mass is 169 g/mol. The molecule has 0 amide bonds. The molecule has 0 aromatic carbocycles. The van der Waals surface area contributed by atoms with Crippen LogP contribution in [0, 0.1) is 0 Å². The molecule has 0 aliphatic heterocycles. The van der Waals surface area contributed by atoms with E-state index in [9.17, 15) is 4.79 Å². The van der Waals surface area contributed by atoms with Crippen molar-refractivity contribution in [1.29, 1.82) is 0 Å². The second kappa shape index (κ2) is 10.0. The predicted octanol–water partition coefficient (Wildman–Crippen LogP) is 0.0439. The van der Waals surface area contributed by atoms with Gasteiger partial charge in [-0.3, -0.25) is 4.79 Å². The Morgan fingerprint density at radius 1 is 1.62 bits per heavy atom. The van der Waals surface area contributed by atoms with Crippen LogP contribution in [0.15, 0.2) is 0 Å². The normalized spacial score (nSPS) is 6.12. The van der Waals surface area contributed by atoms with Gasteiger partial charge in [-0.1, -0.05) is 6.92 Å². The van der Waals surface area contributed by atoms with Crippen molar-refractivity contribution in [2.75, 3.05) is 0 Å². The Labute approximate surface area is 58.9 Å². The molecule has 0 rings (SSSR count). The van der Waals surface area contributed by atoms with Gasteiger partial charge in [0.1, 0.15) is 0 Å². The van der Waals surface area contributed by atoms with E-state index >= 15 is 0 Å². The summed E-state index contributed by atoms with van der Waals surface area (Å²) in [6.45, 7) is 1.84. The topological polar surface area (TPSA) is 68.8 Å². The standard InChI is InChI=1S/C4H8O2.Cu.H2O/c1-2-3-4(5)6;;/h2-3H2,1H3,(H,5,6);;1H2. The van der Waals surface area contributed by atoms with Gasteiger partial charge >= 0.3 is 5.97 Å². The molecule has 3 nitrogen and oxygen atoms in total. The number of aliphatic carboxylic acids is 1. The SMILES string of the molecule is CCCC(=O)O.O.[Cu]. The van der Waals surface area contributed by atoms with Crippen LogP contribution in [0.25, 0.3) is 0 Å². The van der Waals surface area contributed by atoms with Gasteiger partial charge in [-0.05, 0) is 6.42 Å². The van der Waals surface area contributed by atoms with Gasteiger partial charge in [-0.25, -0.2) is 0 Å². The van der Waals surface area contributed by atoms with Crippen molar-refractivity contribution >= 4 is 5.97 Å². The van der Waals surface area contributed by atoms with Crippen molar-refractivity contribution in [3.63, 3.8) is 0 Å². The first-order valence-electron chi connectivity index (χ1n) is 1.99. The molecule has 0 saturated carbocycles. The van der Waals surface area contributed by atoms with E-state index in [1.54, 1.807) is 0 Å². The Balaban J connectivity index is -0.000000125. The molecular formula is C4H10CuO3. The Morgan fingerprint density at radius 3 is 2.00 bits per heavy atom. The molecule has 0 saturated heterocycles. The molecule has 0 aliphatic carbocycles. The fourth-order valence-electron chi connectivity index (χ4n) is 0.214. The molecule has 0 aliphatic rings. The van der Waals surface area contributed by atoms with Crippen molar-refractivity contribution in [3.8, 4) is 0 Å². The third kappa shape index (κ3) is 16.8. The van der Waals surface area contributed by atoms with Crippen molar-refractivity contribution in [3.05, 3.63) is 0 Å². The summed E-state index contributed by atoms with van der Waals surface area (Å²) in [6, 6.07) is 0. The number of carboxylic acid groups (broad SMARTS) is 1. The molecule has 1 radical (unpaired) electrons. The van der Waals surface area contributed by atoms with E-state index in [0.717, 1.165) is 6.42 Å². The smallest absolute Gasteiger partial charge is 0.303 e. The molecule has 55 valence electrons. The van der Waals surface area contributed by atoms with Crippen LogP contribution in [0.5, 0.6) is 0 Å². The van der Waals surface area contributed by atoms with Crippen LogP contribution in [-0.2, 0) is 21.9 Å². The average Bonchev–Trinajstić information content (AvgIpc) is 1.35. The van der Waals surface area contributed by atoms with E-state index < -0.39 is 5.97 Å². The maximum Gasteiger partial charge on any atom is 0.303 e. The zero-order valence-corrected chi connectivity index (χ0v) is 5.51. The number of hydrogen-bond acceptors (Lipinski definition) is 1. The van der Waals surface area contributed by atoms with Gasteiger partial charge in [0.25, 0.3) is 0 Å². The minimum Gasteiger partial charge on any atom is -0.481 e. The van der Waals surface area contributed by atoms with E-state index in [0.29, 0.717) is 6.42 Å². The van der Waals surface area contributed by atoms with E-state index in [1.165, 1.54) is 0 Å². The summed E-state index contributed by atoms with van der Waals surface area (Å²) in [6.07, 6.45) is 1.02. The Morgan fingerprint density at radius 2 is 2.00 bits per heavy atom. The number of carboxylic acids is 1. The van der Waals surface area contributed by atoms with E-state index in [1.807, 2.05) is 6.92 Å². The number of rotatable bonds is 2. The molecule has 8 heavy (non-hydrogen) atoms. The van der Waals surface area contributed by atoms with Crippen LogP contribution in [0.3, 0.4) is 0 Å². The summed E-state index contributed by atoms with van der Waals surface area (Å²) in [5.74, 6) is -0.711. The molecule has 0 aromatic rings. The third-order valence-electron chi connectivity index (χ3n) is 0.464. The molecule has 3 N–H and O–H groups in total. The van der Waals surface area contributed by atoms with E-state index in [2.05, 4.69) is 0 Å². The Bertz CT molecular complexity index is 55.2. The second-order valence-electron chi connectivity index (χ2n) is 1.14. The van der Waals surface area contributed by atoms with Gasteiger partial charge in [-0.2, -0.15) is 0 Å². The third-order valence-corrected chi connectivity index (χ3v) is 0.464. The van der Waals surface area contributed by atoms with E-state index in [4.69, 9.17) is 5.11 Å². The van der Waals surface area contributed by atoms with Gasteiger partial charge in [0.05, 0.1) is 0 Å². The Hall–Kier alpha value is -0.0505. The van der Waals surface area contributed by atoms with Gasteiger partial charge in [0, 0.05) is 23.5 Å². The van der Waals surface area contributed by atoms with E-state index in [-0.39, 0.29) is 22.5 Å². The molecule has 0 spiro atoms. The number of carbonyl (C=O) groups is 1. The molecule has 0 atom stereocenters. The molecular weight excluding hydrogens is 160 g/mol. The molecule has 0 fully saturated rings. The summed E-state index contributed by atoms with van der Waals surface area (Å²) >= 11 is 0. The summed E-state index contributed by atoms with van der Waals surface area (Å²) in [4.78, 5) is 9.60. The van der Waals surface area contributed by atoms with Crippen molar-refractivity contribution < 1.29 is 32.4 Å². The van der Waals surface area contributed by atoms with Crippen LogP contribution in [-0.4, -0.2) is 16.6 Å². The zero-order chi connectivity index (χ0) is 4.99. The van der Waals surface area contributed by atoms with Gasteiger partial charge in [0.2, 0.25) is 0 Å². The maximum atomic E-state index is 9.60. The van der Waals surface area contributed by atoms with Crippen LogP contribution < -0.4 is 0 Å². The van der Waals surface area contributed by atoms with Gasteiger partial charge in [0.15, 0.2) is 0 Å². The largest absolute Gasteiger partial charge is 0.481 e. The fraction of sp³-hybridized carbons (Fsp3) is 0.750. The summed E-state index contributed by atoms with van der Waals surface area (Å²) in [5, 5.41) is 7.91. The minimum atomic E-state index is -0.711. The predicted molar refractivity (Wildman–Crippen MR) is 26.2 cm³/mol. The first-order valence-corrected chi connectivity index (χ1v) is 1.99. The fourth-order valence-corrected chi connectivity index (χ4v) is 0.214. The Kier molecular flexibility index (Phi) is 19.7. The molecule has 0 heterocycles. The second-order valence-corrected chi connectivity index (χ2v) is 1.14. The maximum absolute atomic E-state index is 9.60. The quantitative estimate of drug-likeness (QED) is 0.594. The molecule has 0 unspecified atom stereocenters. The summed E-state index contributed by atoms with van der Waals surface area (Å²) in [7, 11) is 0. The number of hydrogen-bond donors (Lipinski definition) is 1. The molecule has 0 aromatic heterocycles. The van der Waals surface area contributed by atoms with Crippen LogP contribution in [0.1, 0.15) is 19.8 Å². The van der Waals surface area contributed by atoms with Crippen molar-refractivity contribution in [2.24, 2.45) is 0 Å². The minimum absolute atomic E-state index is 0. The molecule has 0 bridgehead atoms. The summed E-state index contributed by atoms with van der Waals surface area (Å²) in [5.41, 5.74) is 0. The van der Waals surface area contributed by atoms with Crippen LogP contribution >= 0.6 is 0 Å². The van der Waals surface area contributed by atoms with Gasteiger partial charge < -0.3 is 10.6 Å². The van der Waals surface area contributed by atoms with Crippen molar-refractivity contribution in [1.82, 2.24) is 0 Å². The van der Waals surface area contributed by atoms with Crippen LogP contribution in [0.4, 0.5) is 0 Å². The first-order chi connectivity index (χ1) is 2.77. The average molecular weight is 170 g/mol. The summed E-state index contributed by atoms with van der Waals surface area (Å²) < 4.78 is 0. The van der Waals surface area contributed by atoms with Gasteiger partial charge in [-0.15, -0.1) is 0 Å².